The van der Waals surface area contributed by atoms with Crippen LogP contribution in [0.25, 0.3) is 4.85 Å². The molecule has 2 N–H and O–H groups in total. The molecule has 0 fully saturated rings. The Morgan fingerprint density at radius 1 is 1.77 bits per heavy atom. The number of amides is 1. The molecule has 5 nitrogen and oxygen atoms in total. The highest BCUT2D eigenvalue weighted by Crippen LogP contribution is 2.19. The average molecular weight is 178 g/mol. The fourth-order valence-corrected chi connectivity index (χ4v) is 0.725. The fourth-order valence-electron chi connectivity index (χ4n) is 0.725. The molecule has 0 aliphatic heterocycles. The molecule has 1 heterocycles. The Morgan fingerprint density at radius 3 is 3.00 bits per heavy atom. The Labute approximate surface area is 76.0 Å². The van der Waals surface area contributed by atoms with E-state index in [0.29, 0.717) is 5.82 Å². The highest BCUT2D eigenvalue weighted by Gasteiger charge is 2.11. The molecule has 0 radical (unpaired) electrons. The zero-order valence-corrected chi connectivity index (χ0v) is 7.46. The number of nitrogens with zero attached hydrogens (tertiary/aromatic N) is 2. The fraction of sp³-hybridized carbons (Fsp3) is 0.375. The lowest BCUT2D eigenvalue weighted by Crippen LogP contribution is -2.17. The average Bonchev–Trinajstić information content (AvgIpc) is 2.51. The van der Waals surface area contributed by atoms with E-state index < -0.39 is 0 Å². The van der Waals surface area contributed by atoms with E-state index in [1.165, 1.54) is 6.33 Å². The van der Waals surface area contributed by atoms with Crippen molar-refractivity contribution in [2.75, 3.05) is 5.32 Å². The third kappa shape index (κ3) is 2.06. The van der Waals surface area contributed by atoms with Gasteiger partial charge in [0.15, 0.2) is 12.1 Å². The molecule has 68 valence electrons. The predicted octanol–water partition coefficient (Wildman–Crippen LogP) is 1.55. The van der Waals surface area contributed by atoms with Gasteiger partial charge in [-0.3, -0.25) is 9.78 Å². The summed E-state index contributed by atoms with van der Waals surface area (Å²) in [6.45, 7) is 10.3. The Morgan fingerprint density at radius 2 is 2.46 bits per heavy atom. The predicted molar refractivity (Wildman–Crippen MR) is 48.3 cm³/mol. The van der Waals surface area contributed by atoms with Gasteiger partial charge in [0.2, 0.25) is 5.91 Å². The number of rotatable bonds is 2. The van der Waals surface area contributed by atoms with Gasteiger partial charge in [0, 0.05) is 5.92 Å². The second-order valence-corrected chi connectivity index (χ2v) is 2.86. The van der Waals surface area contributed by atoms with Gasteiger partial charge in [-0.25, -0.2) is 4.98 Å². The number of anilines is 1. The molecule has 0 atom stereocenters. The number of imidazole rings is 1. The van der Waals surface area contributed by atoms with Crippen LogP contribution in [-0.2, 0) is 4.79 Å². The molecule has 0 saturated carbocycles. The largest absolute Gasteiger partial charge is 0.361 e. The first-order chi connectivity index (χ1) is 6.15. The monoisotopic (exact) mass is 178 g/mol. The van der Waals surface area contributed by atoms with Gasteiger partial charge in [0.25, 0.3) is 5.82 Å². The topological polar surface area (TPSA) is 62.1 Å². The third-order valence-electron chi connectivity index (χ3n) is 1.50. The summed E-state index contributed by atoms with van der Waals surface area (Å²) in [5.74, 6) is 0.301. The Hall–Kier alpha value is -1.83. The van der Waals surface area contributed by atoms with Gasteiger partial charge in [0.05, 0.1) is 0 Å². The minimum absolute atomic E-state index is 0.115. The molecule has 0 unspecified atom stereocenters. The van der Waals surface area contributed by atoms with Crippen LogP contribution in [0, 0.1) is 12.5 Å². The van der Waals surface area contributed by atoms with Crippen LogP contribution in [0.3, 0.4) is 0 Å². The van der Waals surface area contributed by atoms with Crippen molar-refractivity contribution in [1.82, 2.24) is 9.97 Å². The molecule has 0 aliphatic carbocycles. The summed E-state index contributed by atoms with van der Waals surface area (Å²) < 4.78 is 0. The van der Waals surface area contributed by atoms with Gasteiger partial charge in [-0.2, -0.15) is 0 Å². The highest BCUT2D eigenvalue weighted by molar-refractivity contribution is 5.93. The summed E-state index contributed by atoms with van der Waals surface area (Å²) >= 11 is 0. The first-order valence-electron chi connectivity index (χ1n) is 3.87. The van der Waals surface area contributed by atoms with Crippen LogP contribution in [0.5, 0.6) is 0 Å². The van der Waals surface area contributed by atoms with Crippen molar-refractivity contribution in [3.8, 4) is 0 Å². The number of nitrogens with one attached hydrogen (secondary N) is 2. The SMILES string of the molecule is [C-]#[N+]c1[nH]cnc1NC(=O)C(C)C. The van der Waals surface area contributed by atoms with Crippen molar-refractivity contribution in [3.63, 3.8) is 0 Å². The van der Waals surface area contributed by atoms with Gasteiger partial charge >= 0.3 is 0 Å². The number of aromatic amines is 1. The molecule has 13 heavy (non-hydrogen) atoms. The number of hydrogen-bond donors (Lipinski definition) is 2. The van der Waals surface area contributed by atoms with Crippen molar-refractivity contribution in [1.29, 1.82) is 0 Å². The van der Waals surface area contributed by atoms with Crippen molar-refractivity contribution >= 4 is 17.5 Å². The molecular formula is C8H10N4O. The summed E-state index contributed by atoms with van der Waals surface area (Å²) in [6.07, 6.45) is 1.38. The number of carbonyl (C=O) groups is 1. The molecule has 5 heteroatoms. The first-order valence-corrected chi connectivity index (χ1v) is 3.87. The second-order valence-electron chi connectivity index (χ2n) is 2.86. The number of aromatic nitrogens is 2. The van der Waals surface area contributed by atoms with Crippen molar-refractivity contribution in [2.45, 2.75) is 13.8 Å². The maximum absolute atomic E-state index is 11.2. The minimum Gasteiger partial charge on any atom is -0.361 e. The highest BCUT2D eigenvalue weighted by atomic mass is 16.1. The van der Waals surface area contributed by atoms with Gasteiger partial charge in [0.1, 0.15) is 0 Å². The van der Waals surface area contributed by atoms with Gasteiger partial charge in [-0.15, -0.1) is 0 Å². The van der Waals surface area contributed by atoms with Gasteiger partial charge < -0.3 is 10.2 Å². The van der Waals surface area contributed by atoms with Crippen LogP contribution in [-0.4, -0.2) is 15.9 Å². The molecule has 0 spiro atoms. The Balaban J connectivity index is 2.76. The molecule has 1 aromatic rings. The number of H-pyrrole nitrogens is 1. The summed E-state index contributed by atoms with van der Waals surface area (Å²) in [5, 5.41) is 2.55. The molecule has 1 amide bonds. The third-order valence-corrected chi connectivity index (χ3v) is 1.50. The van der Waals surface area contributed by atoms with E-state index >= 15 is 0 Å². The van der Waals surface area contributed by atoms with E-state index in [1.807, 2.05) is 0 Å². The lowest BCUT2D eigenvalue weighted by Gasteiger charge is -2.04. The smallest absolute Gasteiger partial charge is 0.271 e. The summed E-state index contributed by atoms with van der Waals surface area (Å²) in [4.78, 5) is 20.8. The quantitative estimate of drug-likeness (QED) is 0.675. The van der Waals surface area contributed by atoms with Crippen LogP contribution in [0.1, 0.15) is 13.8 Å². The zero-order valence-electron chi connectivity index (χ0n) is 7.46. The maximum atomic E-state index is 11.2. The zero-order chi connectivity index (χ0) is 9.84. The summed E-state index contributed by atoms with van der Waals surface area (Å²) in [6, 6.07) is 0. The van der Waals surface area contributed by atoms with Crippen molar-refractivity contribution in [3.05, 3.63) is 17.7 Å². The van der Waals surface area contributed by atoms with Crippen molar-refractivity contribution < 1.29 is 4.79 Å². The van der Waals surface area contributed by atoms with E-state index in [0.717, 1.165) is 0 Å². The van der Waals surface area contributed by atoms with E-state index in [-0.39, 0.29) is 17.6 Å². The van der Waals surface area contributed by atoms with Gasteiger partial charge in [-0.1, -0.05) is 20.4 Å². The van der Waals surface area contributed by atoms with Crippen LogP contribution in [0.15, 0.2) is 6.33 Å². The van der Waals surface area contributed by atoms with Crippen LogP contribution in [0.4, 0.5) is 11.6 Å². The summed E-state index contributed by atoms with van der Waals surface area (Å²) in [5.41, 5.74) is 0. The lowest BCUT2D eigenvalue weighted by molar-refractivity contribution is -0.118. The maximum Gasteiger partial charge on any atom is 0.271 e. The van der Waals surface area contributed by atoms with E-state index in [4.69, 9.17) is 6.57 Å². The van der Waals surface area contributed by atoms with Crippen LogP contribution >= 0.6 is 0 Å². The lowest BCUT2D eigenvalue weighted by atomic mass is 10.2. The first kappa shape index (κ1) is 9.26. The van der Waals surface area contributed by atoms with Crippen molar-refractivity contribution in [2.24, 2.45) is 5.92 Å². The minimum atomic E-state index is -0.142. The standard InChI is InChI=1S/C8H10N4O/c1-5(2)8(13)12-7-6(9-3)10-4-11-7/h4-5H,1-2H3,(H,10,11)(H,12,13). The molecule has 0 saturated heterocycles. The van der Waals surface area contributed by atoms with Crippen LogP contribution in [0.2, 0.25) is 0 Å². The molecule has 1 aromatic heterocycles. The Kier molecular flexibility index (Phi) is 2.65. The summed E-state index contributed by atoms with van der Waals surface area (Å²) in [7, 11) is 0. The van der Waals surface area contributed by atoms with E-state index in [2.05, 4.69) is 20.1 Å². The van der Waals surface area contributed by atoms with E-state index in [1.54, 1.807) is 13.8 Å². The second kappa shape index (κ2) is 3.72. The molecule has 0 aliphatic rings. The van der Waals surface area contributed by atoms with E-state index in [9.17, 15) is 4.79 Å². The van der Waals surface area contributed by atoms with Crippen LogP contribution < -0.4 is 5.32 Å². The normalized spacial score (nSPS) is 9.69. The number of carbonyl (C=O) groups excluding carboxylic acids is 1. The molecule has 0 bridgehead atoms. The molecular weight excluding hydrogens is 168 g/mol. The molecule has 0 aromatic carbocycles. The molecule has 1 rings (SSSR count). The Bertz CT molecular complexity index is 347. The van der Waals surface area contributed by atoms with Gasteiger partial charge in [-0.05, 0) is 0 Å². The number of hydrogen-bond acceptors (Lipinski definition) is 2.